The standard InChI is InChI=1S/C78H91N3O8S4/c79-74(80)61-36-49-7-5-9-68-58(24-30-81-68)71(86)38-62-59(49)37-51(61)42-90-91-43-54-40-76(28-22-55(83)16-10-46-12-20-70(85)72(33-46)89-31-25-47-11-19-69(84)63(62)32-47)45-78(54,88)73-21-15-53(76)34-50-39-77(87)52(14-18-66-67(77)23-29-75(66)26-3-4-27-75)13-17-57-60(50)35-48-6-1-2-8-56(48)64(41-82)65(57)44-92-93-73/h1-2,6,8,11-12,15,19-22,24,28,30,32-33,36-37,50,52-54,57,60,62,64-67,73-74,81-82,84-85,87-88H,3-4,9-10,13-14,16-18,23,25-27,29,31,34-35,38-45,79-80H2/b28-22+/t50-,52-,53+,54+,57+,60-,62+,64+,65-,66-,67-,73-,76+,77+,78-/m1/s1. The molecule has 1 aromatic heterocycles. The molecule has 490 valence electrons. The number of carbonyl (C=O) groups is 2. The predicted molar refractivity (Wildman–Crippen MR) is 375 cm³/mol. The van der Waals surface area contributed by atoms with Gasteiger partial charge in [-0.15, -0.1) is 0 Å². The third-order valence-corrected chi connectivity index (χ3v) is 30.7. The Morgan fingerprint density at radius 3 is 2.41 bits per heavy atom. The number of aliphatic hydroxyl groups excluding tert-OH is 1. The van der Waals surface area contributed by atoms with Gasteiger partial charge in [-0.2, -0.15) is 0 Å². The number of aromatic hydroxyl groups is 2. The molecule has 0 amide bonds. The van der Waals surface area contributed by atoms with Crippen LogP contribution < -0.4 is 16.2 Å². The van der Waals surface area contributed by atoms with Crippen molar-refractivity contribution in [2.75, 3.05) is 24.7 Å². The summed E-state index contributed by atoms with van der Waals surface area (Å²) in [5.74, 6) is 10.3. The highest BCUT2D eigenvalue weighted by Crippen LogP contribution is 2.68. The Kier molecular flexibility index (Phi) is 18.1. The van der Waals surface area contributed by atoms with Crippen molar-refractivity contribution >= 4 is 54.7 Å². The lowest BCUT2D eigenvalue weighted by Gasteiger charge is -2.55. The van der Waals surface area contributed by atoms with Crippen molar-refractivity contribution in [2.45, 2.75) is 169 Å². The molecule has 15 heteroatoms. The Hall–Kier alpha value is -4.86. The maximum atomic E-state index is 14.7. The van der Waals surface area contributed by atoms with Gasteiger partial charge in [-0.3, -0.25) is 9.59 Å². The lowest BCUT2D eigenvalue weighted by molar-refractivity contribution is -0.153. The minimum Gasteiger partial charge on any atom is -0.508 e. The van der Waals surface area contributed by atoms with Crippen LogP contribution in [0.15, 0.2) is 109 Å². The highest BCUT2D eigenvalue weighted by Gasteiger charge is 2.64. The van der Waals surface area contributed by atoms with Crippen LogP contribution in [0.5, 0.6) is 17.2 Å². The number of allylic oxidation sites excluding steroid dienone is 3. The van der Waals surface area contributed by atoms with Crippen molar-refractivity contribution in [3.63, 3.8) is 0 Å². The molecule has 15 bridgehead atoms. The Labute approximate surface area is 564 Å². The van der Waals surface area contributed by atoms with Gasteiger partial charge in [0.2, 0.25) is 0 Å². The summed E-state index contributed by atoms with van der Waals surface area (Å²) in [6, 6.07) is 25.6. The number of aromatic nitrogens is 1. The molecule has 0 saturated heterocycles. The number of Topliss-reactive ketones (excluding diaryl/α,β-unsaturated/α-hetero) is 1. The number of phenolic OH excluding ortho intramolecular Hbond substituents is 2. The Balaban J connectivity index is 0.824. The summed E-state index contributed by atoms with van der Waals surface area (Å²) in [5, 5.41) is 62.8. The number of rotatable bonds is 2. The largest absolute Gasteiger partial charge is 0.508 e. The van der Waals surface area contributed by atoms with Crippen LogP contribution in [0.2, 0.25) is 0 Å². The number of fused-ring (bicyclic) bond motifs is 18. The van der Waals surface area contributed by atoms with E-state index in [1.54, 1.807) is 39.9 Å². The molecule has 10 aliphatic rings. The molecule has 3 heterocycles. The number of hydrogen-bond acceptors (Lipinski definition) is 14. The molecular formula is C78H91N3O8S4. The Morgan fingerprint density at radius 1 is 0.731 bits per heavy atom. The zero-order valence-electron chi connectivity index (χ0n) is 53.3. The van der Waals surface area contributed by atoms with Gasteiger partial charge in [0.1, 0.15) is 5.75 Å². The first-order valence-electron chi connectivity index (χ1n) is 34.8. The van der Waals surface area contributed by atoms with Crippen molar-refractivity contribution in [2.24, 2.45) is 75.6 Å². The maximum absolute atomic E-state index is 14.7. The monoisotopic (exact) mass is 1330 g/mol. The van der Waals surface area contributed by atoms with E-state index in [-0.39, 0.29) is 95.8 Å². The van der Waals surface area contributed by atoms with Crippen LogP contribution >= 0.6 is 43.2 Å². The van der Waals surface area contributed by atoms with Crippen molar-refractivity contribution in [3.8, 4) is 29.1 Å². The van der Waals surface area contributed by atoms with Gasteiger partial charge in [0.15, 0.2) is 23.1 Å². The molecule has 2 spiro atoms. The van der Waals surface area contributed by atoms with Crippen LogP contribution in [0.25, 0.3) is 0 Å². The smallest absolute Gasteiger partial charge is 0.165 e. The zero-order chi connectivity index (χ0) is 63.8. The van der Waals surface area contributed by atoms with E-state index in [2.05, 4.69) is 65.4 Å². The molecule has 0 radical (unpaired) electrons. The second-order valence-electron chi connectivity index (χ2n) is 30.0. The van der Waals surface area contributed by atoms with Crippen molar-refractivity contribution in [1.82, 2.24) is 4.98 Å². The number of ether oxygens (including phenoxy) is 1. The molecule has 15 rings (SSSR count). The first-order valence-corrected chi connectivity index (χ1v) is 39.7. The lowest BCUT2D eigenvalue weighted by atomic mass is 9.52. The normalized spacial score (nSPS) is 35.2. The summed E-state index contributed by atoms with van der Waals surface area (Å²) in [5.41, 5.74) is 20.7. The van der Waals surface area contributed by atoms with E-state index in [9.17, 15) is 35.1 Å². The van der Waals surface area contributed by atoms with Crippen LogP contribution in [-0.2, 0) is 36.2 Å². The molecule has 10 N–H and O–H groups in total. The molecule has 5 fully saturated rings. The topological polar surface area (TPSA) is 212 Å². The molecule has 5 saturated carbocycles. The van der Waals surface area contributed by atoms with E-state index in [1.165, 1.54) is 49.7 Å². The average molecular weight is 1330 g/mol. The van der Waals surface area contributed by atoms with Gasteiger partial charge >= 0.3 is 0 Å². The van der Waals surface area contributed by atoms with Gasteiger partial charge in [-0.1, -0.05) is 135 Å². The van der Waals surface area contributed by atoms with Gasteiger partial charge in [0.25, 0.3) is 0 Å². The van der Waals surface area contributed by atoms with E-state index < -0.39 is 28.7 Å². The van der Waals surface area contributed by atoms with Crippen LogP contribution in [0.3, 0.4) is 0 Å². The number of H-pyrrole nitrogens is 1. The zero-order valence-corrected chi connectivity index (χ0v) is 56.6. The predicted octanol–water partition coefficient (Wildman–Crippen LogP) is 14.4. The number of ketones is 2. The quantitative estimate of drug-likeness (QED) is 0.0358. The van der Waals surface area contributed by atoms with Gasteiger partial charge in [0.05, 0.1) is 42.3 Å². The number of aryl methyl sites for hydroxylation is 1. The molecule has 5 aromatic rings. The third-order valence-electron chi connectivity index (χ3n) is 25.5. The van der Waals surface area contributed by atoms with Gasteiger partial charge in [-0.05, 0) is 229 Å². The second kappa shape index (κ2) is 26.2. The second-order valence-corrected chi connectivity index (χ2v) is 35.0. The van der Waals surface area contributed by atoms with Gasteiger partial charge in [-0.25, -0.2) is 0 Å². The van der Waals surface area contributed by atoms with Crippen LogP contribution in [-0.4, -0.2) is 83.3 Å². The first-order chi connectivity index (χ1) is 45.1. The first kappa shape index (κ1) is 64.2. The number of aliphatic hydroxyl groups is 3. The highest BCUT2D eigenvalue weighted by atomic mass is 33.1. The van der Waals surface area contributed by atoms with Crippen LogP contribution in [0.4, 0.5) is 0 Å². The number of benzene rings is 4. The Bertz CT molecular complexity index is 3790. The van der Waals surface area contributed by atoms with Crippen LogP contribution in [0, 0.1) is 75.9 Å². The SMILES string of the molecule is NC(N)c1cc2c3cc1CSSC[C@@H]1C[C@@]4(/C=C/C(=O)CCc5ccc(O)c(c5)OCCc5ccc(O)c(c5)[C@H]3CC(=O)c3cc[nH]c3CC#C2)C[C@]1(O)[C@H]1C=C[C@H]4C[C@@H]2C[C@]3(O)[C@H](CC[C@H]4[C@@H]2Cc2ccccc2[C@H](CO)[C@@H]4CSS1)CC[C@@H]1[C@H]3CCC12CCCC2. The van der Waals surface area contributed by atoms with E-state index in [1.807, 2.05) is 64.1 Å². The molecule has 8 aliphatic carbocycles. The number of nitrogens with one attached hydrogen (secondary N) is 1. The minimum atomic E-state index is -1.15. The molecule has 15 atom stereocenters. The number of hydrogen-bond donors (Lipinski definition) is 8. The van der Waals surface area contributed by atoms with E-state index in [0.29, 0.717) is 89.2 Å². The third kappa shape index (κ3) is 11.9. The number of carbonyl (C=O) groups excluding carboxylic acids is 2. The molecule has 11 nitrogen and oxygen atoms in total. The summed E-state index contributed by atoms with van der Waals surface area (Å²) >= 11 is 0. The number of nitrogens with two attached hydrogens (primary N) is 2. The highest BCUT2D eigenvalue weighted by molar-refractivity contribution is 8.77. The molecular weight excluding hydrogens is 1240 g/mol. The van der Waals surface area contributed by atoms with Gasteiger partial charge < -0.3 is 46.7 Å². The molecule has 93 heavy (non-hydrogen) atoms. The van der Waals surface area contributed by atoms with Gasteiger partial charge in [0, 0.05) is 76.9 Å². The summed E-state index contributed by atoms with van der Waals surface area (Å²) in [4.78, 5) is 32.5. The fourth-order valence-electron chi connectivity index (χ4n) is 20.9. The van der Waals surface area contributed by atoms with Crippen LogP contribution in [0.1, 0.15) is 187 Å². The minimum absolute atomic E-state index is 0.00123. The summed E-state index contributed by atoms with van der Waals surface area (Å²) in [7, 11) is 7.15. The fourth-order valence-corrected chi connectivity index (χ4v) is 26.7. The molecule has 0 unspecified atom stereocenters. The summed E-state index contributed by atoms with van der Waals surface area (Å²) in [6.45, 7) is 0.295. The average Bonchev–Trinajstić information content (AvgIpc) is 1.47. The number of phenols is 2. The van der Waals surface area contributed by atoms with E-state index in [0.717, 1.165) is 84.2 Å². The van der Waals surface area contributed by atoms with Crippen molar-refractivity contribution < 1.29 is 39.9 Å². The van der Waals surface area contributed by atoms with Crippen molar-refractivity contribution in [1.29, 1.82) is 0 Å². The Morgan fingerprint density at radius 2 is 1.56 bits per heavy atom. The number of aromatic amines is 1. The summed E-state index contributed by atoms with van der Waals surface area (Å²) in [6.07, 6.45) is 27.0. The summed E-state index contributed by atoms with van der Waals surface area (Å²) < 4.78 is 6.34. The van der Waals surface area contributed by atoms with E-state index in [4.69, 9.17) is 16.2 Å². The van der Waals surface area contributed by atoms with E-state index >= 15 is 0 Å². The molecule has 2 aliphatic heterocycles. The maximum Gasteiger partial charge on any atom is 0.165 e. The van der Waals surface area contributed by atoms with Crippen molar-refractivity contribution in [3.05, 3.63) is 171 Å². The lowest BCUT2D eigenvalue weighted by Crippen LogP contribution is -2.55. The fraction of sp³-hybridized carbons (Fsp3) is 0.538. The molecule has 4 aromatic carbocycles.